The zero-order valence-corrected chi connectivity index (χ0v) is 8.84. The predicted molar refractivity (Wildman–Crippen MR) is 51.9 cm³/mol. The average molecular weight is 157 g/mol. The molecule has 1 heteroatoms. The van der Waals surface area contributed by atoms with Crippen LogP contribution in [0, 0.1) is 6.04 Å². The van der Waals surface area contributed by atoms with Crippen molar-refractivity contribution in [1.82, 2.24) is 0 Å². The molecule has 0 nitrogen and oxygen atoms in total. The van der Waals surface area contributed by atoms with Gasteiger partial charge in [-0.3, -0.25) is 0 Å². The molecule has 0 saturated carbocycles. The molecule has 0 aliphatic carbocycles. The summed E-state index contributed by atoms with van der Waals surface area (Å²) in [5, 5.41) is 0. The minimum atomic E-state index is -0.347. The van der Waals surface area contributed by atoms with Gasteiger partial charge >= 0.3 is 0 Å². The third-order valence-corrected chi connectivity index (χ3v) is 2.97. The van der Waals surface area contributed by atoms with Crippen LogP contribution in [-0.2, 0) is 0 Å². The molecule has 0 aromatic rings. The Morgan fingerprint density at radius 2 is 1.80 bits per heavy atom. The summed E-state index contributed by atoms with van der Waals surface area (Å²) < 4.78 is 0. The minimum Gasteiger partial charge on any atom is -0.0720 e. The minimum absolute atomic E-state index is 0.347. The first kappa shape index (κ1) is 10.2. The molecule has 0 fully saturated rings. The lowest BCUT2D eigenvalue weighted by Crippen LogP contribution is -2.00. The van der Waals surface area contributed by atoms with E-state index in [2.05, 4.69) is 26.1 Å². The predicted octanol–water partition coefficient (Wildman–Crippen LogP) is 3.19. The Morgan fingerprint density at radius 3 is 2.30 bits per heavy atom. The second-order valence-electron chi connectivity index (χ2n) is 3.33. The molecule has 0 atom stereocenters. The molecule has 0 bridgehead atoms. The Kier molecular flexibility index (Phi) is 7.48. The van der Waals surface area contributed by atoms with Crippen molar-refractivity contribution in [3.05, 3.63) is 6.04 Å². The van der Waals surface area contributed by atoms with E-state index in [-0.39, 0.29) is 8.80 Å². The average Bonchev–Trinajstić information content (AvgIpc) is 1.87. The van der Waals surface area contributed by atoms with Crippen LogP contribution in [0.5, 0.6) is 0 Å². The van der Waals surface area contributed by atoms with Crippen LogP contribution in [0.15, 0.2) is 0 Å². The van der Waals surface area contributed by atoms with Crippen LogP contribution in [0.25, 0.3) is 0 Å². The number of rotatable bonds is 6. The van der Waals surface area contributed by atoms with Crippen molar-refractivity contribution < 1.29 is 0 Å². The molecule has 0 spiro atoms. The molecular formula is C9H21Si. The lowest BCUT2D eigenvalue weighted by Gasteiger charge is -2.01. The Hall–Kier alpha value is 0.217. The lowest BCUT2D eigenvalue weighted by atomic mass is 10.2. The third kappa shape index (κ3) is 8.22. The molecular weight excluding hydrogens is 136 g/mol. The second kappa shape index (κ2) is 7.33. The van der Waals surface area contributed by atoms with Crippen molar-refractivity contribution in [2.45, 2.75) is 52.1 Å². The fourth-order valence-corrected chi connectivity index (χ4v) is 1.92. The SMILES string of the molecule is CCCCCC[CH][SiH](C)C. The molecule has 0 rings (SSSR count). The maximum atomic E-state index is 2.55. The molecule has 61 valence electrons. The summed E-state index contributed by atoms with van der Waals surface area (Å²) in [5.41, 5.74) is 0. The van der Waals surface area contributed by atoms with E-state index in [1.807, 2.05) is 0 Å². The van der Waals surface area contributed by atoms with Gasteiger partial charge in [0.15, 0.2) is 0 Å². The maximum absolute atomic E-state index is 2.55. The van der Waals surface area contributed by atoms with Crippen LogP contribution >= 0.6 is 0 Å². The van der Waals surface area contributed by atoms with Gasteiger partial charge in [0.2, 0.25) is 0 Å². The highest BCUT2D eigenvalue weighted by Gasteiger charge is 1.94. The molecule has 0 amide bonds. The molecule has 0 aliphatic rings. The van der Waals surface area contributed by atoms with Crippen molar-refractivity contribution in [3.63, 3.8) is 0 Å². The summed E-state index contributed by atoms with van der Waals surface area (Å²) in [6, 6.07) is 2.55. The molecule has 0 aromatic heterocycles. The summed E-state index contributed by atoms with van der Waals surface area (Å²) in [4.78, 5) is 0. The van der Waals surface area contributed by atoms with Crippen LogP contribution < -0.4 is 0 Å². The van der Waals surface area contributed by atoms with Crippen LogP contribution in [0.2, 0.25) is 13.1 Å². The molecule has 0 aliphatic heterocycles. The normalized spacial score (nSPS) is 10.8. The molecule has 1 radical (unpaired) electrons. The van der Waals surface area contributed by atoms with Crippen molar-refractivity contribution in [3.8, 4) is 0 Å². The van der Waals surface area contributed by atoms with Gasteiger partial charge in [-0.05, 0) is 6.04 Å². The monoisotopic (exact) mass is 157 g/mol. The van der Waals surface area contributed by atoms with Crippen molar-refractivity contribution in [2.75, 3.05) is 0 Å². The molecule has 0 aromatic carbocycles. The van der Waals surface area contributed by atoms with Gasteiger partial charge in [0.05, 0.1) is 0 Å². The van der Waals surface area contributed by atoms with Gasteiger partial charge < -0.3 is 0 Å². The smallest absolute Gasteiger partial charge is 0.0336 e. The highest BCUT2D eigenvalue weighted by molar-refractivity contribution is 6.59. The first-order valence-corrected chi connectivity index (χ1v) is 7.58. The van der Waals surface area contributed by atoms with Crippen molar-refractivity contribution in [2.24, 2.45) is 0 Å². The Labute approximate surface area is 67.6 Å². The fraction of sp³-hybridized carbons (Fsp3) is 0.889. The summed E-state index contributed by atoms with van der Waals surface area (Å²) in [6.07, 6.45) is 7.03. The van der Waals surface area contributed by atoms with E-state index in [0.29, 0.717) is 0 Å². The summed E-state index contributed by atoms with van der Waals surface area (Å²) in [5.74, 6) is 0. The van der Waals surface area contributed by atoms with Gasteiger partial charge in [-0.2, -0.15) is 0 Å². The van der Waals surface area contributed by atoms with Gasteiger partial charge in [-0.15, -0.1) is 0 Å². The topological polar surface area (TPSA) is 0 Å². The number of unbranched alkanes of at least 4 members (excludes halogenated alkanes) is 4. The largest absolute Gasteiger partial charge is 0.0720 e. The van der Waals surface area contributed by atoms with E-state index in [0.717, 1.165) is 0 Å². The standard InChI is InChI=1S/C9H21Si/c1-4-5-6-7-8-9-10(2)3/h9-10H,4-8H2,1-3H3. The van der Waals surface area contributed by atoms with E-state index in [1.165, 1.54) is 32.1 Å². The van der Waals surface area contributed by atoms with Crippen molar-refractivity contribution >= 4 is 8.80 Å². The quantitative estimate of drug-likeness (QED) is 0.410. The maximum Gasteiger partial charge on any atom is 0.0336 e. The van der Waals surface area contributed by atoms with E-state index in [9.17, 15) is 0 Å². The van der Waals surface area contributed by atoms with Gasteiger partial charge in [0.25, 0.3) is 0 Å². The van der Waals surface area contributed by atoms with E-state index < -0.39 is 0 Å². The fourth-order valence-electron chi connectivity index (χ4n) is 1.02. The first-order chi connectivity index (χ1) is 4.77. The Balaban J connectivity index is 2.77. The van der Waals surface area contributed by atoms with Gasteiger partial charge in [-0.1, -0.05) is 52.1 Å². The summed E-state index contributed by atoms with van der Waals surface area (Å²) >= 11 is 0. The molecule has 10 heavy (non-hydrogen) atoms. The summed E-state index contributed by atoms with van der Waals surface area (Å²) in [6.45, 7) is 7.04. The Morgan fingerprint density at radius 1 is 1.10 bits per heavy atom. The molecule has 0 N–H and O–H groups in total. The van der Waals surface area contributed by atoms with E-state index in [1.54, 1.807) is 0 Å². The number of hydrogen-bond acceptors (Lipinski definition) is 0. The van der Waals surface area contributed by atoms with E-state index >= 15 is 0 Å². The molecule has 0 heterocycles. The van der Waals surface area contributed by atoms with Crippen LogP contribution in [-0.4, -0.2) is 8.80 Å². The first-order valence-electron chi connectivity index (χ1n) is 4.60. The third-order valence-electron chi connectivity index (χ3n) is 1.70. The van der Waals surface area contributed by atoms with E-state index in [4.69, 9.17) is 0 Å². The summed E-state index contributed by atoms with van der Waals surface area (Å²) in [7, 11) is -0.347. The zero-order valence-electron chi connectivity index (χ0n) is 7.69. The molecule has 0 unspecified atom stereocenters. The highest BCUT2D eigenvalue weighted by Crippen LogP contribution is 2.05. The Bertz CT molecular complexity index is 59.7. The van der Waals surface area contributed by atoms with Crippen molar-refractivity contribution in [1.29, 1.82) is 0 Å². The van der Waals surface area contributed by atoms with Crippen LogP contribution in [0.1, 0.15) is 39.0 Å². The lowest BCUT2D eigenvalue weighted by molar-refractivity contribution is 0.669. The zero-order chi connectivity index (χ0) is 7.82. The van der Waals surface area contributed by atoms with Gasteiger partial charge in [0.1, 0.15) is 0 Å². The molecule has 0 saturated heterocycles. The van der Waals surface area contributed by atoms with Gasteiger partial charge in [0, 0.05) is 8.80 Å². The number of hydrogen-bond donors (Lipinski definition) is 0. The van der Waals surface area contributed by atoms with Gasteiger partial charge in [-0.25, -0.2) is 0 Å². The second-order valence-corrected chi connectivity index (χ2v) is 6.29. The highest BCUT2D eigenvalue weighted by atomic mass is 28.3. The van der Waals surface area contributed by atoms with Crippen LogP contribution in [0.3, 0.4) is 0 Å². The van der Waals surface area contributed by atoms with Crippen LogP contribution in [0.4, 0.5) is 0 Å².